The first-order valence-corrected chi connectivity index (χ1v) is 11.8. The first kappa shape index (κ1) is 28.5. The van der Waals surface area contributed by atoms with E-state index in [-0.39, 0.29) is 28.6 Å². The van der Waals surface area contributed by atoms with E-state index in [2.05, 4.69) is 10.6 Å². The molecule has 0 aromatic heterocycles. The third-order valence-electron chi connectivity index (χ3n) is 5.28. The van der Waals surface area contributed by atoms with Crippen molar-refractivity contribution >= 4 is 35.3 Å². The SMILES string of the molecule is CC(C)[C@H](NC(=O)OCc1ccccc1)C(=O)Oc1cc(Cl)ccc1C(=O)Nc1ccc(C(F)(F)F)cc1. The number of alkyl carbamates (subject to hydrolysis) is 1. The second-order valence-electron chi connectivity index (χ2n) is 8.52. The number of halogens is 4. The third-order valence-corrected chi connectivity index (χ3v) is 5.51. The van der Waals surface area contributed by atoms with Gasteiger partial charge in [-0.3, -0.25) is 4.79 Å². The van der Waals surface area contributed by atoms with E-state index in [0.717, 1.165) is 29.8 Å². The Morgan fingerprint density at radius 2 is 1.61 bits per heavy atom. The highest BCUT2D eigenvalue weighted by Gasteiger charge is 2.30. The predicted octanol–water partition coefficient (Wildman–Crippen LogP) is 6.47. The molecular weight excluding hydrogens is 525 g/mol. The Bertz CT molecular complexity index is 1280. The summed E-state index contributed by atoms with van der Waals surface area (Å²) in [5.41, 5.74) is -0.116. The number of hydrogen-bond donors (Lipinski definition) is 2. The lowest BCUT2D eigenvalue weighted by molar-refractivity contribution is -0.138. The van der Waals surface area contributed by atoms with E-state index < -0.39 is 41.7 Å². The summed E-state index contributed by atoms with van der Waals surface area (Å²) in [4.78, 5) is 38.1. The van der Waals surface area contributed by atoms with Gasteiger partial charge in [-0.05, 0) is 47.9 Å². The lowest BCUT2D eigenvalue weighted by Gasteiger charge is -2.21. The van der Waals surface area contributed by atoms with E-state index in [1.54, 1.807) is 38.1 Å². The number of hydrogen-bond acceptors (Lipinski definition) is 5. The number of anilines is 1. The fraction of sp³-hybridized carbons (Fsp3) is 0.222. The van der Waals surface area contributed by atoms with Crippen LogP contribution in [0.15, 0.2) is 72.8 Å². The van der Waals surface area contributed by atoms with Crippen LogP contribution >= 0.6 is 11.6 Å². The number of carbonyl (C=O) groups is 3. The minimum Gasteiger partial charge on any atom is -0.445 e. The van der Waals surface area contributed by atoms with Crippen LogP contribution in [0.3, 0.4) is 0 Å². The standard InChI is InChI=1S/C27H24ClF3N2O5/c1-16(2)23(33-26(36)37-15-17-6-4-3-5-7-17)25(35)38-22-14-19(28)10-13-21(22)24(34)32-20-11-8-18(9-12-20)27(29,30)31/h3-14,16,23H,15H2,1-2H3,(H,32,34)(H,33,36)/t23-/m0/s1. The van der Waals surface area contributed by atoms with Crippen LogP contribution in [-0.4, -0.2) is 24.0 Å². The van der Waals surface area contributed by atoms with Crippen LogP contribution in [0.4, 0.5) is 23.7 Å². The van der Waals surface area contributed by atoms with Gasteiger partial charge in [0.15, 0.2) is 0 Å². The quantitative estimate of drug-likeness (QED) is 0.249. The first-order chi connectivity index (χ1) is 17.9. The molecule has 200 valence electrons. The molecule has 0 aliphatic rings. The van der Waals surface area contributed by atoms with Crippen molar-refractivity contribution in [3.8, 4) is 5.75 Å². The molecule has 3 aromatic carbocycles. The maximum absolute atomic E-state index is 13.0. The molecule has 0 radical (unpaired) electrons. The molecule has 0 aliphatic heterocycles. The van der Waals surface area contributed by atoms with Gasteiger partial charge in [-0.2, -0.15) is 13.2 Å². The molecule has 0 unspecified atom stereocenters. The minimum atomic E-state index is -4.52. The summed E-state index contributed by atoms with van der Waals surface area (Å²) in [6.07, 6.45) is -5.36. The van der Waals surface area contributed by atoms with Crippen molar-refractivity contribution in [3.63, 3.8) is 0 Å². The topological polar surface area (TPSA) is 93.7 Å². The van der Waals surface area contributed by atoms with Gasteiger partial charge in [-0.1, -0.05) is 55.8 Å². The molecule has 0 saturated heterocycles. The molecule has 0 fully saturated rings. The van der Waals surface area contributed by atoms with Crippen LogP contribution in [0.1, 0.15) is 35.3 Å². The molecule has 38 heavy (non-hydrogen) atoms. The van der Waals surface area contributed by atoms with Crippen molar-refractivity contribution in [1.82, 2.24) is 5.32 Å². The summed E-state index contributed by atoms with van der Waals surface area (Å²) in [5.74, 6) is -2.23. The summed E-state index contributed by atoms with van der Waals surface area (Å²) < 4.78 is 49.0. The zero-order chi connectivity index (χ0) is 27.9. The van der Waals surface area contributed by atoms with Crippen molar-refractivity contribution in [2.45, 2.75) is 32.7 Å². The van der Waals surface area contributed by atoms with Crippen LogP contribution in [0.25, 0.3) is 0 Å². The Labute approximate surface area is 221 Å². The van der Waals surface area contributed by atoms with Gasteiger partial charge in [0.2, 0.25) is 0 Å². The molecule has 0 aliphatic carbocycles. The van der Waals surface area contributed by atoms with Gasteiger partial charge in [0.25, 0.3) is 5.91 Å². The summed E-state index contributed by atoms with van der Waals surface area (Å²) in [5, 5.41) is 5.08. The smallest absolute Gasteiger partial charge is 0.416 e. The summed E-state index contributed by atoms with van der Waals surface area (Å²) >= 11 is 6.03. The highest BCUT2D eigenvalue weighted by Crippen LogP contribution is 2.30. The average Bonchev–Trinajstić information content (AvgIpc) is 2.86. The summed E-state index contributed by atoms with van der Waals surface area (Å²) in [6, 6.07) is 15.6. The Balaban J connectivity index is 1.70. The highest BCUT2D eigenvalue weighted by molar-refractivity contribution is 6.31. The zero-order valence-electron chi connectivity index (χ0n) is 20.3. The number of carbonyl (C=O) groups excluding carboxylic acids is 3. The molecule has 0 heterocycles. The highest BCUT2D eigenvalue weighted by atomic mass is 35.5. The first-order valence-electron chi connectivity index (χ1n) is 11.4. The molecule has 3 aromatic rings. The average molecular weight is 549 g/mol. The van der Waals surface area contributed by atoms with Crippen LogP contribution in [0, 0.1) is 5.92 Å². The van der Waals surface area contributed by atoms with E-state index in [1.807, 2.05) is 6.07 Å². The number of benzene rings is 3. The maximum Gasteiger partial charge on any atom is 0.416 e. The van der Waals surface area contributed by atoms with Gasteiger partial charge in [0.05, 0.1) is 11.1 Å². The van der Waals surface area contributed by atoms with Gasteiger partial charge in [0.1, 0.15) is 18.4 Å². The molecule has 0 spiro atoms. The molecule has 7 nitrogen and oxygen atoms in total. The van der Waals surface area contributed by atoms with E-state index in [4.69, 9.17) is 21.1 Å². The van der Waals surface area contributed by atoms with Crippen LogP contribution in [0.5, 0.6) is 5.75 Å². The van der Waals surface area contributed by atoms with E-state index >= 15 is 0 Å². The molecular formula is C27H24ClF3N2O5. The second-order valence-corrected chi connectivity index (χ2v) is 8.96. The zero-order valence-corrected chi connectivity index (χ0v) is 21.1. The number of nitrogens with one attached hydrogen (secondary N) is 2. The fourth-order valence-corrected chi connectivity index (χ4v) is 3.43. The van der Waals surface area contributed by atoms with Crippen molar-refractivity contribution in [1.29, 1.82) is 0 Å². The van der Waals surface area contributed by atoms with Crippen molar-refractivity contribution in [2.75, 3.05) is 5.32 Å². The number of ether oxygens (including phenoxy) is 2. The lowest BCUT2D eigenvalue weighted by Crippen LogP contribution is -2.46. The van der Waals surface area contributed by atoms with Crippen molar-refractivity contribution < 1.29 is 37.0 Å². The Morgan fingerprint density at radius 1 is 0.947 bits per heavy atom. The Morgan fingerprint density at radius 3 is 2.21 bits per heavy atom. The van der Waals surface area contributed by atoms with E-state index in [9.17, 15) is 27.6 Å². The lowest BCUT2D eigenvalue weighted by atomic mass is 10.0. The molecule has 11 heteroatoms. The third kappa shape index (κ3) is 7.97. The second kappa shape index (κ2) is 12.5. The summed E-state index contributed by atoms with van der Waals surface area (Å²) in [6.45, 7) is 3.36. The molecule has 0 bridgehead atoms. The Kier molecular flexibility index (Phi) is 9.35. The largest absolute Gasteiger partial charge is 0.445 e. The normalized spacial score (nSPS) is 12.0. The molecule has 1 atom stereocenters. The van der Waals surface area contributed by atoms with Crippen LogP contribution in [-0.2, 0) is 22.3 Å². The van der Waals surface area contributed by atoms with Gasteiger partial charge in [-0.15, -0.1) is 0 Å². The Hall–Kier alpha value is -4.05. The predicted molar refractivity (Wildman–Crippen MR) is 135 cm³/mol. The fourth-order valence-electron chi connectivity index (χ4n) is 3.27. The van der Waals surface area contributed by atoms with Gasteiger partial charge < -0.3 is 20.1 Å². The number of rotatable bonds is 8. The van der Waals surface area contributed by atoms with Crippen molar-refractivity contribution in [3.05, 3.63) is 94.5 Å². The number of amides is 2. The number of alkyl halides is 3. The molecule has 2 N–H and O–H groups in total. The maximum atomic E-state index is 13.0. The summed E-state index contributed by atoms with van der Waals surface area (Å²) in [7, 11) is 0. The molecule has 3 rings (SSSR count). The minimum absolute atomic E-state index is 0.00486. The number of esters is 1. The molecule has 2 amide bonds. The monoisotopic (exact) mass is 548 g/mol. The van der Waals surface area contributed by atoms with E-state index in [0.29, 0.717) is 0 Å². The van der Waals surface area contributed by atoms with E-state index in [1.165, 1.54) is 18.2 Å². The molecule has 0 saturated carbocycles. The van der Waals surface area contributed by atoms with Gasteiger partial charge >= 0.3 is 18.2 Å². The van der Waals surface area contributed by atoms with Crippen LogP contribution < -0.4 is 15.4 Å². The van der Waals surface area contributed by atoms with Crippen LogP contribution in [0.2, 0.25) is 5.02 Å². The van der Waals surface area contributed by atoms with Gasteiger partial charge in [0, 0.05) is 16.8 Å². The van der Waals surface area contributed by atoms with Gasteiger partial charge in [-0.25, -0.2) is 9.59 Å². The van der Waals surface area contributed by atoms with Crippen molar-refractivity contribution in [2.24, 2.45) is 5.92 Å².